The van der Waals surface area contributed by atoms with Crippen LogP contribution < -0.4 is 10.1 Å². The zero-order valence-corrected chi connectivity index (χ0v) is 11.3. The van der Waals surface area contributed by atoms with Crippen LogP contribution in [-0.2, 0) is 6.42 Å². The van der Waals surface area contributed by atoms with Crippen LogP contribution in [0.15, 0.2) is 36.4 Å². The third-order valence-electron chi connectivity index (χ3n) is 3.15. The highest BCUT2D eigenvalue weighted by Gasteiger charge is 2.15. The van der Waals surface area contributed by atoms with Crippen LogP contribution in [0.1, 0.15) is 15.9 Å². The van der Waals surface area contributed by atoms with Crippen molar-refractivity contribution >= 4 is 23.2 Å². The third kappa shape index (κ3) is 2.42. The van der Waals surface area contributed by atoms with Crippen molar-refractivity contribution in [3.8, 4) is 11.5 Å². The predicted octanol–water partition coefficient (Wildman–Crippen LogP) is 3.23. The molecule has 102 valence electrons. The normalized spacial score (nSPS) is 12.7. The van der Waals surface area contributed by atoms with Crippen molar-refractivity contribution in [2.45, 2.75) is 6.42 Å². The number of benzene rings is 2. The average Bonchev–Trinajstić information content (AvgIpc) is 2.89. The molecule has 0 spiro atoms. The molecule has 0 aliphatic carbocycles. The highest BCUT2D eigenvalue weighted by molar-refractivity contribution is 6.31. The molecular formula is C15H12ClNO3. The smallest absolute Gasteiger partial charge is 0.259 e. The van der Waals surface area contributed by atoms with Crippen molar-refractivity contribution in [2.75, 3.05) is 11.9 Å². The van der Waals surface area contributed by atoms with Gasteiger partial charge in [-0.25, -0.2) is 0 Å². The molecule has 0 bridgehead atoms. The molecule has 1 amide bonds. The molecule has 2 aromatic rings. The van der Waals surface area contributed by atoms with Gasteiger partial charge in [-0.2, -0.15) is 0 Å². The van der Waals surface area contributed by atoms with Crippen LogP contribution in [0.2, 0.25) is 5.02 Å². The van der Waals surface area contributed by atoms with Crippen LogP contribution in [0.25, 0.3) is 0 Å². The maximum atomic E-state index is 12.1. The van der Waals surface area contributed by atoms with E-state index < -0.39 is 5.91 Å². The Bertz CT molecular complexity index is 685. The number of nitrogens with one attached hydrogen (secondary N) is 1. The van der Waals surface area contributed by atoms with Crippen LogP contribution in [0.5, 0.6) is 11.5 Å². The summed E-state index contributed by atoms with van der Waals surface area (Å²) in [4.78, 5) is 12.1. The van der Waals surface area contributed by atoms with Gasteiger partial charge in [-0.1, -0.05) is 11.6 Å². The number of hydrogen-bond donors (Lipinski definition) is 2. The van der Waals surface area contributed by atoms with Gasteiger partial charge < -0.3 is 15.2 Å². The summed E-state index contributed by atoms with van der Waals surface area (Å²) >= 11 is 5.83. The Labute approximate surface area is 120 Å². The Morgan fingerprint density at radius 2 is 2.10 bits per heavy atom. The maximum absolute atomic E-state index is 12.1. The summed E-state index contributed by atoms with van der Waals surface area (Å²) in [7, 11) is 0. The van der Waals surface area contributed by atoms with Gasteiger partial charge in [0.2, 0.25) is 0 Å². The van der Waals surface area contributed by atoms with E-state index in [1.165, 1.54) is 18.2 Å². The van der Waals surface area contributed by atoms with E-state index in [2.05, 4.69) is 5.32 Å². The van der Waals surface area contributed by atoms with Gasteiger partial charge in [-0.05, 0) is 42.0 Å². The number of anilines is 1. The molecule has 0 aromatic heterocycles. The lowest BCUT2D eigenvalue weighted by atomic mass is 10.1. The molecule has 2 N–H and O–H groups in total. The molecule has 1 aliphatic rings. The lowest BCUT2D eigenvalue weighted by Gasteiger charge is -2.08. The highest BCUT2D eigenvalue weighted by atomic mass is 35.5. The van der Waals surface area contributed by atoms with Crippen molar-refractivity contribution in [3.05, 3.63) is 52.5 Å². The van der Waals surface area contributed by atoms with Gasteiger partial charge in [0, 0.05) is 17.1 Å². The van der Waals surface area contributed by atoms with Gasteiger partial charge >= 0.3 is 0 Å². The standard InChI is InChI=1S/C15H12ClNO3/c16-10-1-3-13(18)12(8-10)15(19)17-11-2-4-14-9(7-11)5-6-20-14/h1-4,7-8,18H,5-6H2,(H,17,19). The summed E-state index contributed by atoms with van der Waals surface area (Å²) in [6.45, 7) is 0.668. The number of amides is 1. The summed E-state index contributed by atoms with van der Waals surface area (Å²) in [5, 5.41) is 12.8. The monoisotopic (exact) mass is 289 g/mol. The number of carbonyl (C=O) groups is 1. The average molecular weight is 290 g/mol. The topological polar surface area (TPSA) is 58.6 Å². The SMILES string of the molecule is O=C(Nc1ccc2c(c1)CCO2)c1cc(Cl)ccc1O. The second-order valence-corrected chi connectivity index (χ2v) is 4.97. The Balaban J connectivity index is 1.84. The Morgan fingerprint density at radius 3 is 2.95 bits per heavy atom. The van der Waals surface area contributed by atoms with Crippen LogP contribution in [0, 0.1) is 0 Å². The van der Waals surface area contributed by atoms with E-state index in [1.807, 2.05) is 12.1 Å². The van der Waals surface area contributed by atoms with Gasteiger partial charge in [-0.15, -0.1) is 0 Å². The predicted molar refractivity (Wildman–Crippen MR) is 76.7 cm³/mol. The first-order chi connectivity index (χ1) is 9.63. The van der Waals surface area contributed by atoms with E-state index in [-0.39, 0.29) is 11.3 Å². The molecule has 0 saturated carbocycles. The van der Waals surface area contributed by atoms with Gasteiger partial charge in [0.05, 0.1) is 12.2 Å². The number of fused-ring (bicyclic) bond motifs is 1. The largest absolute Gasteiger partial charge is 0.507 e. The van der Waals surface area contributed by atoms with Crippen LogP contribution in [0.4, 0.5) is 5.69 Å². The van der Waals surface area contributed by atoms with Gasteiger partial charge in [0.25, 0.3) is 5.91 Å². The fraction of sp³-hybridized carbons (Fsp3) is 0.133. The first kappa shape index (κ1) is 12.8. The molecule has 0 radical (unpaired) electrons. The molecule has 20 heavy (non-hydrogen) atoms. The van der Waals surface area contributed by atoms with Crippen LogP contribution in [-0.4, -0.2) is 17.6 Å². The number of ether oxygens (including phenoxy) is 1. The maximum Gasteiger partial charge on any atom is 0.259 e. The molecule has 0 unspecified atom stereocenters. The van der Waals surface area contributed by atoms with Crippen LogP contribution >= 0.6 is 11.6 Å². The molecule has 4 nitrogen and oxygen atoms in total. The molecule has 1 aliphatic heterocycles. The van der Waals surface area contributed by atoms with E-state index >= 15 is 0 Å². The number of rotatable bonds is 2. The molecule has 0 saturated heterocycles. The summed E-state index contributed by atoms with van der Waals surface area (Å²) in [6.07, 6.45) is 0.835. The number of carbonyl (C=O) groups excluding carboxylic acids is 1. The third-order valence-corrected chi connectivity index (χ3v) is 3.39. The molecule has 0 atom stereocenters. The van der Waals surface area contributed by atoms with E-state index in [4.69, 9.17) is 16.3 Å². The quantitative estimate of drug-likeness (QED) is 0.892. The van der Waals surface area contributed by atoms with E-state index in [0.29, 0.717) is 17.3 Å². The van der Waals surface area contributed by atoms with Crippen molar-refractivity contribution in [2.24, 2.45) is 0 Å². The van der Waals surface area contributed by atoms with Crippen molar-refractivity contribution in [1.82, 2.24) is 0 Å². The summed E-state index contributed by atoms with van der Waals surface area (Å²) in [6, 6.07) is 9.83. The fourth-order valence-corrected chi connectivity index (χ4v) is 2.32. The lowest BCUT2D eigenvalue weighted by Crippen LogP contribution is -2.12. The van der Waals surface area contributed by atoms with E-state index in [9.17, 15) is 9.90 Å². The number of phenols is 1. The molecule has 5 heteroatoms. The van der Waals surface area contributed by atoms with Crippen LogP contribution in [0.3, 0.4) is 0 Å². The molecular weight excluding hydrogens is 278 g/mol. The van der Waals surface area contributed by atoms with Gasteiger partial charge in [-0.3, -0.25) is 4.79 Å². The highest BCUT2D eigenvalue weighted by Crippen LogP contribution is 2.28. The Morgan fingerprint density at radius 1 is 1.25 bits per heavy atom. The Kier molecular flexibility index (Phi) is 3.24. The van der Waals surface area contributed by atoms with Crippen molar-refractivity contribution in [3.63, 3.8) is 0 Å². The second-order valence-electron chi connectivity index (χ2n) is 4.54. The lowest BCUT2D eigenvalue weighted by molar-refractivity contribution is 0.102. The van der Waals surface area contributed by atoms with Gasteiger partial charge in [0.15, 0.2) is 0 Å². The zero-order valence-electron chi connectivity index (χ0n) is 10.5. The first-order valence-corrected chi connectivity index (χ1v) is 6.57. The Hall–Kier alpha value is -2.20. The molecule has 1 heterocycles. The summed E-state index contributed by atoms with van der Waals surface area (Å²) < 4.78 is 5.41. The second kappa shape index (κ2) is 5.06. The number of hydrogen-bond acceptors (Lipinski definition) is 3. The van der Waals surface area contributed by atoms with Crippen molar-refractivity contribution in [1.29, 1.82) is 0 Å². The molecule has 3 rings (SSSR count). The van der Waals surface area contributed by atoms with Crippen molar-refractivity contribution < 1.29 is 14.6 Å². The van der Waals surface area contributed by atoms with E-state index in [1.54, 1.807) is 6.07 Å². The molecule has 2 aromatic carbocycles. The summed E-state index contributed by atoms with van der Waals surface area (Å²) in [5.41, 5.74) is 1.88. The van der Waals surface area contributed by atoms with Gasteiger partial charge in [0.1, 0.15) is 11.5 Å². The minimum atomic E-state index is -0.399. The minimum Gasteiger partial charge on any atom is -0.507 e. The molecule has 0 fully saturated rings. The number of aromatic hydroxyl groups is 1. The first-order valence-electron chi connectivity index (χ1n) is 6.19. The van der Waals surface area contributed by atoms with E-state index in [0.717, 1.165) is 17.7 Å². The number of phenolic OH excluding ortho intramolecular Hbond substituents is 1. The summed E-state index contributed by atoms with van der Waals surface area (Å²) in [5.74, 6) is 0.355. The fourth-order valence-electron chi connectivity index (χ4n) is 2.15. The number of halogens is 1. The zero-order chi connectivity index (χ0) is 14.1. The minimum absolute atomic E-state index is 0.101.